The molecule has 2 nitrogen and oxygen atoms in total. The van der Waals surface area contributed by atoms with Gasteiger partial charge in [-0.05, 0) is 29.8 Å². The van der Waals surface area contributed by atoms with Crippen LogP contribution < -0.4 is 0 Å². The number of aromatic nitrogens is 2. The second-order valence-corrected chi connectivity index (χ2v) is 6.85. The molecule has 0 spiro atoms. The first-order chi connectivity index (χ1) is 11.3. The van der Waals surface area contributed by atoms with E-state index in [2.05, 4.69) is 27.5 Å². The van der Waals surface area contributed by atoms with E-state index in [4.69, 9.17) is 0 Å². The molecule has 0 atom stereocenters. The van der Waals surface area contributed by atoms with Crippen LogP contribution in [0.1, 0.15) is 0 Å². The highest BCUT2D eigenvalue weighted by Crippen LogP contribution is 2.39. The summed E-state index contributed by atoms with van der Waals surface area (Å²) in [5.74, 6) is -0.234. The molecule has 5 heteroatoms. The van der Waals surface area contributed by atoms with Crippen LogP contribution in [-0.2, 0) is 0 Å². The molecule has 2 heterocycles. The van der Waals surface area contributed by atoms with E-state index in [1.807, 2.05) is 18.2 Å². The lowest BCUT2D eigenvalue weighted by Gasteiger charge is -2.05. The Morgan fingerprint density at radius 3 is 2.48 bits per heavy atom. The maximum absolute atomic E-state index is 13.1. The molecule has 0 fully saturated rings. The van der Waals surface area contributed by atoms with E-state index in [9.17, 15) is 4.39 Å². The van der Waals surface area contributed by atoms with Gasteiger partial charge in [-0.1, -0.05) is 42.1 Å². The normalized spacial score (nSPS) is 11.0. The van der Waals surface area contributed by atoms with Crippen molar-refractivity contribution in [3.05, 3.63) is 72.1 Å². The predicted molar refractivity (Wildman–Crippen MR) is 93.4 cm³/mol. The van der Waals surface area contributed by atoms with Crippen LogP contribution in [0.3, 0.4) is 0 Å². The van der Waals surface area contributed by atoms with Crippen LogP contribution >= 0.6 is 23.1 Å². The number of halogens is 1. The smallest absolute Gasteiger partial charge is 0.128 e. The molecule has 0 radical (unpaired) electrons. The second kappa shape index (κ2) is 6.10. The summed E-state index contributed by atoms with van der Waals surface area (Å²) in [5.41, 5.74) is 2.28. The van der Waals surface area contributed by atoms with Gasteiger partial charge in [-0.3, -0.25) is 0 Å². The Balaban J connectivity index is 1.83. The third-order valence-electron chi connectivity index (χ3n) is 3.45. The van der Waals surface area contributed by atoms with Gasteiger partial charge in [-0.15, -0.1) is 11.3 Å². The Morgan fingerprint density at radius 2 is 1.70 bits per heavy atom. The summed E-state index contributed by atoms with van der Waals surface area (Å²) in [6, 6.07) is 16.7. The van der Waals surface area contributed by atoms with E-state index < -0.39 is 0 Å². The van der Waals surface area contributed by atoms with Crippen LogP contribution in [0.15, 0.2) is 76.2 Å². The Hall–Kier alpha value is -2.24. The predicted octanol–water partition coefficient (Wildman–Crippen LogP) is 5.65. The van der Waals surface area contributed by atoms with Gasteiger partial charge in [0.25, 0.3) is 0 Å². The van der Waals surface area contributed by atoms with E-state index in [1.54, 1.807) is 29.8 Å². The van der Waals surface area contributed by atoms with Crippen LogP contribution in [0.5, 0.6) is 0 Å². The topological polar surface area (TPSA) is 25.8 Å². The van der Waals surface area contributed by atoms with Gasteiger partial charge in [-0.2, -0.15) is 0 Å². The molecule has 0 saturated carbocycles. The lowest BCUT2D eigenvalue weighted by atomic mass is 10.1. The van der Waals surface area contributed by atoms with Crippen LogP contribution in [0.25, 0.3) is 21.3 Å². The van der Waals surface area contributed by atoms with Crippen molar-refractivity contribution in [2.45, 2.75) is 9.92 Å². The molecule has 4 aromatic rings. The molecule has 0 aliphatic rings. The summed E-state index contributed by atoms with van der Waals surface area (Å²) in [6.45, 7) is 0. The molecule has 2 aromatic carbocycles. The third kappa shape index (κ3) is 2.85. The first kappa shape index (κ1) is 14.4. The van der Waals surface area contributed by atoms with Crippen molar-refractivity contribution in [3.63, 3.8) is 0 Å². The fourth-order valence-corrected chi connectivity index (χ4v) is 4.25. The monoisotopic (exact) mass is 338 g/mol. The summed E-state index contributed by atoms with van der Waals surface area (Å²) >= 11 is 3.14. The molecule has 0 saturated heterocycles. The number of rotatable bonds is 3. The Kier molecular flexibility index (Phi) is 3.81. The van der Waals surface area contributed by atoms with Crippen LogP contribution in [0.4, 0.5) is 4.39 Å². The zero-order valence-corrected chi connectivity index (χ0v) is 13.6. The third-order valence-corrected chi connectivity index (χ3v) is 5.35. The van der Waals surface area contributed by atoms with Gasteiger partial charge in [0.1, 0.15) is 22.0 Å². The first-order valence-electron chi connectivity index (χ1n) is 7.02. The van der Waals surface area contributed by atoms with Gasteiger partial charge < -0.3 is 0 Å². The number of fused-ring (bicyclic) bond motifs is 1. The Labute approximate surface area is 141 Å². The van der Waals surface area contributed by atoms with Crippen molar-refractivity contribution in [2.75, 3.05) is 0 Å². The molecule has 0 bridgehead atoms. The largest absolute Gasteiger partial charge is 0.229 e. The summed E-state index contributed by atoms with van der Waals surface area (Å²) in [5, 5.41) is 4.06. The van der Waals surface area contributed by atoms with Gasteiger partial charge in [0, 0.05) is 15.8 Å². The van der Waals surface area contributed by atoms with Crippen LogP contribution in [0.2, 0.25) is 0 Å². The number of nitrogens with zero attached hydrogens (tertiary/aromatic N) is 2. The maximum Gasteiger partial charge on any atom is 0.128 e. The molecule has 0 N–H and O–H groups in total. The van der Waals surface area contributed by atoms with Gasteiger partial charge >= 0.3 is 0 Å². The molecule has 0 aliphatic heterocycles. The Bertz CT molecular complexity index is 950. The van der Waals surface area contributed by atoms with Gasteiger partial charge in [0.2, 0.25) is 0 Å². The van der Waals surface area contributed by atoms with Crippen molar-refractivity contribution in [1.82, 2.24) is 9.97 Å². The molecule has 23 heavy (non-hydrogen) atoms. The lowest BCUT2D eigenvalue weighted by Crippen LogP contribution is -1.86. The number of hydrogen-bond acceptors (Lipinski definition) is 4. The molecule has 0 amide bonds. The quantitative estimate of drug-likeness (QED) is 0.452. The highest BCUT2D eigenvalue weighted by Gasteiger charge is 2.13. The Morgan fingerprint density at radius 1 is 0.913 bits per heavy atom. The molecule has 4 rings (SSSR count). The second-order valence-electron chi connectivity index (χ2n) is 4.93. The summed E-state index contributed by atoms with van der Waals surface area (Å²) in [4.78, 5) is 10.7. The van der Waals surface area contributed by atoms with E-state index in [-0.39, 0.29) is 5.82 Å². The first-order valence-corrected chi connectivity index (χ1v) is 8.72. The van der Waals surface area contributed by atoms with Gasteiger partial charge in [-0.25, -0.2) is 14.4 Å². The van der Waals surface area contributed by atoms with Gasteiger partial charge in [0.15, 0.2) is 0 Å². The van der Waals surface area contributed by atoms with E-state index in [0.29, 0.717) is 0 Å². The average Bonchev–Trinajstić information content (AvgIpc) is 3.03. The molecular weight excluding hydrogens is 327 g/mol. The molecule has 0 unspecified atom stereocenters. The summed E-state index contributed by atoms with van der Waals surface area (Å²) in [6.07, 6.45) is 1.58. The molecular formula is C18H11FN2S2. The number of thiophene rings is 1. The van der Waals surface area contributed by atoms with Crippen molar-refractivity contribution in [1.29, 1.82) is 0 Å². The summed E-state index contributed by atoms with van der Waals surface area (Å²) < 4.78 is 13.1. The van der Waals surface area contributed by atoms with Crippen molar-refractivity contribution < 1.29 is 4.39 Å². The lowest BCUT2D eigenvalue weighted by molar-refractivity contribution is 0.626. The standard InChI is InChI=1S/C18H11FN2S2/c19-13-6-8-14(9-7-13)23-18-16-15(12-4-2-1-3-5-12)10-22-17(16)20-11-21-18/h1-11H. The van der Waals surface area contributed by atoms with E-state index in [1.165, 1.54) is 23.9 Å². The number of benzene rings is 2. The fourth-order valence-electron chi connectivity index (χ4n) is 2.37. The molecule has 2 aromatic heterocycles. The SMILES string of the molecule is Fc1ccc(Sc2ncnc3scc(-c4ccccc4)c23)cc1. The number of hydrogen-bond donors (Lipinski definition) is 0. The average molecular weight is 338 g/mol. The highest BCUT2D eigenvalue weighted by atomic mass is 32.2. The minimum absolute atomic E-state index is 0.234. The van der Waals surface area contributed by atoms with Crippen molar-refractivity contribution >= 4 is 33.3 Å². The van der Waals surface area contributed by atoms with E-state index in [0.717, 1.165) is 31.3 Å². The molecule has 112 valence electrons. The maximum atomic E-state index is 13.1. The van der Waals surface area contributed by atoms with Crippen LogP contribution in [-0.4, -0.2) is 9.97 Å². The minimum Gasteiger partial charge on any atom is -0.229 e. The van der Waals surface area contributed by atoms with Crippen molar-refractivity contribution in [3.8, 4) is 11.1 Å². The van der Waals surface area contributed by atoms with E-state index >= 15 is 0 Å². The van der Waals surface area contributed by atoms with Crippen molar-refractivity contribution in [2.24, 2.45) is 0 Å². The highest BCUT2D eigenvalue weighted by molar-refractivity contribution is 7.99. The minimum atomic E-state index is -0.234. The zero-order valence-electron chi connectivity index (χ0n) is 11.9. The van der Waals surface area contributed by atoms with Gasteiger partial charge in [0.05, 0.1) is 5.39 Å². The summed E-state index contributed by atoms with van der Waals surface area (Å²) in [7, 11) is 0. The molecule has 0 aliphatic carbocycles. The zero-order chi connectivity index (χ0) is 15.6. The fraction of sp³-hybridized carbons (Fsp3) is 0. The van der Waals surface area contributed by atoms with Crippen LogP contribution in [0, 0.1) is 5.82 Å².